The van der Waals surface area contributed by atoms with Crippen molar-refractivity contribution in [2.75, 3.05) is 13.1 Å². The lowest BCUT2D eigenvalue weighted by Crippen LogP contribution is -2.59. The van der Waals surface area contributed by atoms with Crippen LogP contribution in [0.5, 0.6) is 0 Å². The fraction of sp³-hybridized carbons (Fsp3) is 0.769. The third-order valence-electron chi connectivity index (χ3n) is 3.43. The number of urea groups is 1. The summed E-state index contributed by atoms with van der Waals surface area (Å²) in [6, 6.07) is -0.338. The predicted molar refractivity (Wildman–Crippen MR) is 73.3 cm³/mol. The molecule has 0 aliphatic heterocycles. The highest BCUT2D eigenvalue weighted by Crippen LogP contribution is 2.29. The number of carboxylic acids is 1. The lowest BCUT2D eigenvalue weighted by Gasteiger charge is -2.29. The van der Waals surface area contributed by atoms with Crippen LogP contribution >= 0.6 is 0 Å². The molecule has 1 saturated carbocycles. The fourth-order valence-electron chi connectivity index (χ4n) is 2.42. The van der Waals surface area contributed by atoms with Gasteiger partial charge in [-0.1, -0.05) is 12.8 Å². The van der Waals surface area contributed by atoms with E-state index in [1.165, 1.54) is 0 Å². The van der Waals surface area contributed by atoms with Gasteiger partial charge in [-0.05, 0) is 26.2 Å². The molecule has 0 radical (unpaired) electrons. The van der Waals surface area contributed by atoms with Crippen molar-refractivity contribution in [3.63, 3.8) is 0 Å². The summed E-state index contributed by atoms with van der Waals surface area (Å²) >= 11 is 0. The minimum atomic E-state index is -0.879. The molecule has 0 aromatic heterocycles. The van der Waals surface area contributed by atoms with Crippen molar-refractivity contribution in [1.29, 1.82) is 0 Å². The third-order valence-corrected chi connectivity index (χ3v) is 3.43. The van der Waals surface area contributed by atoms with Crippen LogP contribution < -0.4 is 16.0 Å². The van der Waals surface area contributed by atoms with Gasteiger partial charge in [-0.3, -0.25) is 9.59 Å². The third kappa shape index (κ3) is 4.71. The van der Waals surface area contributed by atoms with Gasteiger partial charge in [-0.15, -0.1) is 0 Å². The Kier molecular flexibility index (Phi) is 6.27. The highest BCUT2D eigenvalue weighted by molar-refractivity contribution is 5.91. The van der Waals surface area contributed by atoms with Gasteiger partial charge >= 0.3 is 12.0 Å². The van der Waals surface area contributed by atoms with Crippen molar-refractivity contribution < 1.29 is 19.5 Å². The average molecular weight is 285 g/mol. The Morgan fingerprint density at radius 2 is 1.80 bits per heavy atom. The van der Waals surface area contributed by atoms with Crippen molar-refractivity contribution in [2.45, 2.75) is 51.0 Å². The molecule has 0 atom stereocenters. The van der Waals surface area contributed by atoms with Gasteiger partial charge in [0.15, 0.2) is 0 Å². The van der Waals surface area contributed by atoms with E-state index in [2.05, 4.69) is 16.0 Å². The Balaban J connectivity index is 2.49. The standard InChI is InChI=1S/C13H23N3O4/c1-2-14-12(20)16-13(7-3-4-8-13)11(19)15-9-5-6-10(17)18/h2-9H2,1H3,(H,15,19)(H,17,18)(H2,14,16,20). The van der Waals surface area contributed by atoms with Crippen molar-refractivity contribution in [1.82, 2.24) is 16.0 Å². The summed E-state index contributed by atoms with van der Waals surface area (Å²) in [7, 11) is 0. The Labute approximate surface area is 118 Å². The molecule has 1 aliphatic rings. The summed E-state index contributed by atoms with van der Waals surface area (Å²) in [6.45, 7) is 2.62. The number of rotatable bonds is 7. The number of aliphatic carboxylic acids is 1. The first-order valence-electron chi connectivity index (χ1n) is 7.06. The van der Waals surface area contributed by atoms with Crippen LogP contribution in [0, 0.1) is 0 Å². The van der Waals surface area contributed by atoms with E-state index in [0.717, 1.165) is 12.8 Å². The highest BCUT2D eigenvalue weighted by Gasteiger charge is 2.42. The number of carbonyl (C=O) groups is 3. The molecule has 4 N–H and O–H groups in total. The van der Waals surface area contributed by atoms with Crippen molar-refractivity contribution in [3.8, 4) is 0 Å². The molecule has 7 nitrogen and oxygen atoms in total. The maximum atomic E-state index is 12.3. The van der Waals surface area contributed by atoms with Crippen molar-refractivity contribution in [3.05, 3.63) is 0 Å². The molecule has 0 aromatic carbocycles. The number of carboxylic acid groups (broad SMARTS) is 1. The summed E-state index contributed by atoms with van der Waals surface area (Å²) in [6.07, 6.45) is 3.45. The minimum Gasteiger partial charge on any atom is -0.481 e. The molecule has 0 bridgehead atoms. The molecule has 0 unspecified atom stereocenters. The molecular formula is C13H23N3O4. The summed E-state index contributed by atoms with van der Waals surface area (Å²) < 4.78 is 0. The van der Waals surface area contributed by atoms with Gasteiger partial charge in [-0.25, -0.2) is 4.79 Å². The molecule has 0 heterocycles. The van der Waals surface area contributed by atoms with Gasteiger partial charge in [0.05, 0.1) is 0 Å². The van der Waals surface area contributed by atoms with Crippen LogP contribution in [0.2, 0.25) is 0 Å². The summed E-state index contributed by atoms with van der Waals surface area (Å²) in [5.74, 6) is -1.10. The van der Waals surface area contributed by atoms with Crippen LogP contribution in [0.3, 0.4) is 0 Å². The summed E-state index contributed by atoms with van der Waals surface area (Å²) in [4.78, 5) is 34.3. The first kappa shape index (κ1) is 16.3. The first-order chi connectivity index (χ1) is 9.50. The van der Waals surface area contributed by atoms with Crippen LogP contribution in [0.4, 0.5) is 4.79 Å². The molecule has 20 heavy (non-hydrogen) atoms. The van der Waals surface area contributed by atoms with Crippen LogP contribution in [0.15, 0.2) is 0 Å². The van der Waals surface area contributed by atoms with Crippen LogP contribution in [0.1, 0.15) is 45.4 Å². The van der Waals surface area contributed by atoms with E-state index in [1.54, 1.807) is 0 Å². The second-order valence-electron chi connectivity index (χ2n) is 5.03. The van der Waals surface area contributed by atoms with Crippen LogP contribution in [-0.4, -0.2) is 41.6 Å². The summed E-state index contributed by atoms with van der Waals surface area (Å²) in [5, 5.41) is 16.7. The number of nitrogens with one attached hydrogen (secondary N) is 3. The second-order valence-corrected chi connectivity index (χ2v) is 5.03. The van der Waals surface area contributed by atoms with Crippen molar-refractivity contribution in [2.24, 2.45) is 0 Å². The first-order valence-corrected chi connectivity index (χ1v) is 7.06. The lowest BCUT2D eigenvalue weighted by atomic mass is 9.96. The highest BCUT2D eigenvalue weighted by atomic mass is 16.4. The number of hydrogen-bond acceptors (Lipinski definition) is 3. The second kappa shape index (κ2) is 7.72. The van der Waals surface area contributed by atoms with Crippen molar-refractivity contribution >= 4 is 17.9 Å². The van der Waals surface area contributed by atoms with Gasteiger partial charge in [0.25, 0.3) is 0 Å². The Bertz CT molecular complexity index is 365. The zero-order valence-electron chi connectivity index (χ0n) is 11.8. The van der Waals surface area contributed by atoms with E-state index in [9.17, 15) is 14.4 Å². The summed E-state index contributed by atoms with van der Waals surface area (Å²) in [5.41, 5.74) is -0.845. The van der Waals surface area contributed by atoms with Gasteiger partial charge in [-0.2, -0.15) is 0 Å². The van der Waals surface area contributed by atoms with Gasteiger partial charge in [0, 0.05) is 19.5 Å². The maximum Gasteiger partial charge on any atom is 0.315 e. The van der Waals surface area contributed by atoms with Gasteiger partial charge in [0.2, 0.25) is 5.91 Å². The zero-order valence-corrected chi connectivity index (χ0v) is 11.8. The predicted octanol–water partition coefficient (Wildman–Crippen LogP) is 0.599. The van der Waals surface area contributed by atoms with Gasteiger partial charge in [0.1, 0.15) is 5.54 Å². The molecule has 1 aliphatic carbocycles. The number of carbonyl (C=O) groups excluding carboxylic acids is 2. The normalized spacial score (nSPS) is 16.4. The van der Waals surface area contributed by atoms with E-state index < -0.39 is 11.5 Å². The molecule has 114 valence electrons. The quantitative estimate of drug-likeness (QED) is 0.514. The van der Waals surface area contributed by atoms with E-state index in [0.29, 0.717) is 32.4 Å². The Morgan fingerprint density at radius 1 is 1.15 bits per heavy atom. The molecule has 7 heteroatoms. The number of amides is 3. The van der Waals surface area contributed by atoms with Gasteiger partial charge < -0.3 is 21.1 Å². The Morgan fingerprint density at radius 3 is 2.35 bits per heavy atom. The number of hydrogen-bond donors (Lipinski definition) is 4. The molecule has 0 saturated heterocycles. The molecule has 1 rings (SSSR count). The zero-order chi connectivity index (χ0) is 15.0. The SMILES string of the molecule is CCNC(=O)NC1(C(=O)NCCCC(=O)O)CCCC1. The maximum absolute atomic E-state index is 12.3. The monoisotopic (exact) mass is 285 g/mol. The molecule has 0 spiro atoms. The van der Waals surface area contributed by atoms with E-state index in [-0.39, 0.29) is 18.4 Å². The van der Waals surface area contributed by atoms with E-state index in [1.807, 2.05) is 6.92 Å². The topological polar surface area (TPSA) is 108 Å². The van der Waals surface area contributed by atoms with Crippen LogP contribution in [0.25, 0.3) is 0 Å². The fourth-order valence-corrected chi connectivity index (χ4v) is 2.42. The van der Waals surface area contributed by atoms with Crippen LogP contribution in [-0.2, 0) is 9.59 Å². The Hall–Kier alpha value is -1.79. The molecular weight excluding hydrogens is 262 g/mol. The molecule has 0 aromatic rings. The van der Waals surface area contributed by atoms with E-state index >= 15 is 0 Å². The average Bonchev–Trinajstić information content (AvgIpc) is 2.84. The molecule has 1 fully saturated rings. The largest absolute Gasteiger partial charge is 0.481 e. The molecule has 3 amide bonds. The lowest BCUT2D eigenvalue weighted by molar-refractivity contribution is -0.137. The van der Waals surface area contributed by atoms with E-state index in [4.69, 9.17) is 5.11 Å². The smallest absolute Gasteiger partial charge is 0.315 e. The minimum absolute atomic E-state index is 0.0248.